The maximum atomic E-state index is 12.9. The summed E-state index contributed by atoms with van der Waals surface area (Å²) in [5.74, 6) is 1.96. The number of likely N-dealkylation sites (N-methyl/N-ethyl adjacent to an activating group) is 2. The molecule has 1 amide bonds. The Labute approximate surface area is 144 Å². The minimum atomic E-state index is 0.0642. The highest BCUT2D eigenvalue weighted by Gasteiger charge is 2.48. The Kier molecular flexibility index (Phi) is 4.18. The van der Waals surface area contributed by atoms with E-state index in [1.165, 1.54) is 0 Å². The number of hydrogen-bond donors (Lipinski definition) is 0. The molecule has 0 aromatic carbocycles. The summed E-state index contributed by atoms with van der Waals surface area (Å²) < 4.78 is 0. The van der Waals surface area contributed by atoms with Crippen molar-refractivity contribution in [1.82, 2.24) is 19.7 Å². The van der Waals surface area contributed by atoms with Crippen LogP contribution < -0.4 is 4.90 Å². The van der Waals surface area contributed by atoms with E-state index in [1.54, 1.807) is 0 Å². The van der Waals surface area contributed by atoms with Crippen LogP contribution in [0.4, 0.5) is 5.82 Å². The van der Waals surface area contributed by atoms with Crippen LogP contribution in [0, 0.1) is 5.92 Å². The molecule has 1 aromatic heterocycles. The van der Waals surface area contributed by atoms with Crippen molar-refractivity contribution in [1.29, 1.82) is 0 Å². The highest BCUT2D eigenvalue weighted by molar-refractivity contribution is 5.82. The maximum Gasteiger partial charge on any atom is 0.240 e. The number of amides is 1. The monoisotopic (exact) mass is 329 g/mol. The van der Waals surface area contributed by atoms with Crippen molar-refractivity contribution in [3.05, 3.63) is 24.4 Å². The number of carbonyl (C=O) groups excluding carboxylic acids is 1. The molecular formula is C18H27N5O. The first-order valence-corrected chi connectivity index (χ1v) is 8.99. The van der Waals surface area contributed by atoms with Gasteiger partial charge in [-0.15, -0.1) is 0 Å². The maximum absolute atomic E-state index is 12.9. The van der Waals surface area contributed by atoms with Crippen LogP contribution in [0.3, 0.4) is 0 Å². The third-order valence-corrected chi connectivity index (χ3v) is 6.02. The number of fused-ring (bicyclic) bond motifs is 1. The van der Waals surface area contributed by atoms with Crippen LogP contribution in [-0.2, 0) is 4.79 Å². The van der Waals surface area contributed by atoms with Crippen molar-refractivity contribution in [2.75, 3.05) is 58.3 Å². The van der Waals surface area contributed by atoms with E-state index in [0.717, 1.165) is 51.5 Å². The van der Waals surface area contributed by atoms with Gasteiger partial charge in [0.05, 0.1) is 6.04 Å². The molecule has 0 aliphatic carbocycles. The van der Waals surface area contributed by atoms with Crippen molar-refractivity contribution in [3.8, 4) is 0 Å². The van der Waals surface area contributed by atoms with Gasteiger partial charge in [0.1, 0.15) is 5.82 Å². The van der Waals surface area contributed by atoms with Crippen LogP contribution in [0.1, 0.15) is 6.42 Å². The van der Waals surface area contributed by atoms with Gasteiger partial charge in [-0.2, -0.15) is 0 Å². The van der Waals surface area contributed by atoms with E-state index < -0.39 is 0 Å². The van der Waals surface area contributed by atoms with Gasteiger partial charge in [0.2, 0.25) is 5.91 Å². The van der Waals surface area contributed by atoms with Gasteiger partial charge in [0.15, 0.2) is 0 Å². The Balaban J connectivity index is 1.40. The van der Waals surface area contributed by atoms with Crippen molar-refractivity contribution in [2.24, 2.45) is 5.92 Å². The smallest absolute Gasteiger partial charge is 0.240 e. The zero-order valence-electron chi connectivity index (χ0n) is 14.6. The molecule has 24 heavy (non-hydrogen) atoms. The minimum Gasteiger partial charge on any atom is -0.355 e. The lowest BCUT2D eigenvalue weighted by Crippen LogP contribution is -2.53. The number of nitrogens with zero attached hydrogens (tertiary/aromatic N) is 5. The second-order valence-electron chi connectivity index (χ2n) is 7.47. The van der Waals surface area contributed by atoms with Crippen LogP contribution in [0.25, 0.3) is 0 Å². The van der Waals surface area contributed by atoms with Gasteiger partial charge in [0, 0.05) is 51.5 Å². The lowest BCUT2D eigenvalue weighted by atomic mass is 10.0. The summed E-state index contributed by atoms with van der Waals surface area (Å²) in [4.78, 5) is 26.5. The fourth-order valence-corrected chi connectivity index (χ4v) is 4.47. The molecule has 0 unspecified atom stereocenters. The van der Waals surface area contributed by atoms with Crippen molar-refractivity contribution >= 4 is 11.7 Å². The number of pyridine rings is 1. The Morgan fingerprint density at radius 2 is 1.92 bits per heavy atom. The fourth-order valence-electron chi connectivity index (χ4n) is 4.47. The van der Waals surface area contributed by atoms with Crippen LogP contribution in [0.5, 0.6) is 0 Å². The van der Waals surface area contributed by atoms with Crippen LogP contribution in [0.2, 0.25) is 0 Å². The first-order valence-electron chi connectivity index (χ1n) is 8.99. The lowest BCUT2D eigenvalue weighted by Gasteiger charge is -2.36. The second kappa shape index (κ2) is 6.33. The van der Waals surface area contributed by atoms with Gasteiger partial charge in [-0.3, -0.25) is 9.69 Å². The van der Waals surface area contributed by atoms with Crippen LogP contribution >= 0.6 is 0 Å². The van der Waals surface area contributed by atoms with Gasteiger partial charge in [-0.1, -0.05) is 6.07 Å². The molecule has 3 saturated heterocycles. The molecule has 1 aromatic rings. The molecule has 0 saturated carbocycles. The van der Waals surface area contributed by atoms with Crippen molar-refractivity contribution < 1.29 is 4.79 Å². The first kappa shape index (κ1) is 15.8. The number of rotatable bonds is 2. The van der Waals surface area contributed by atoms with Crippen molar-refractivity contribution in [3.63, 3.8) is 0 Å². The minimum absolute atomic E-state index is 0.0642. The molecule has 3 fully saturated rings. The number of aromatic nitrogens is 1. The van der Waals surface area contributed by atoms with E-state index >= 15 is 0 Å². The zero-order chi connectivity index (χ0) is 16.7. The quantitative estimate of drug-likeness (QED) is 0.784. The van der Waals surface area contributed by atoms with E-state index in [2.05, 4.69) is 44.7 Å². The molecule has 0 bridgehead atoms. The summed E-state index contributed by atoms with van der Waals surface area (Å²) in [7, 11) is 4.26. The topological polar surface area (TPSA) is 42.9 Å². The Morgan fingerprint density at radius 1 is 1.12 bits per heavy atom. The van der Waals surface area contributed by atoms with Crippen LogP contribution in [-0.4, -0.2) is 91.0 Å². The predicted molar refractivity (Wildman–Crippen MR) is 94.0 cm³/mol. The number of carbonyl (C=O) groups is 1. The molecule has 0 N–H and O–H groups in total. The van der Waals surface area contributed by atoms with E-state index in [9.17, 15) is 4.79 Å². The normalized spacial score (nSPS) is 31.5. The molecule has 4 heterocycles. The number of piperazine rings is 1. The summed E-state index contributed by atoms with van der Waals surface area (Å²) in [6, 6.07) is 6.60. The Bertz CT molecular complexity index is 586. The van der Waals surface area contributed by atoms with Crippen molar-refractivity contribution in [2.45, 2.75) is 18.5 Å². The van der Waals surface area contributed by atoms with Crippen LogP contribution in [0.15, 0.2) is 24.4 Å². The van der Waals surface area contributed by atoms with E-state index in [4.69, 9.17) is 0 Å². The second-order valence-corrected chi connectivity index (χ2v) is 7.47. The molecule has 6 heteroatoms. The van der Waals surface area contributed by atoms with E-state index in [0.29, 0.717) is 17.9 Å². The molecule has 0 radical (unpaired) electrons. The third-order valence-electron chi connectivity index (χ3n) is 6.02. The average molecular weight is 329 g/mol. The predicted octanol–water partition coefficient (Wildman–Crippen LogP) is 0.365. The summed E-state index contributed by atoms with van der Waals surface area (Å²) in [5.41, 5.74) is 0. The standard InChI is InChI=1S/C18H27N5O/c1-20-7-9-22(10-8-20)18(24)15-11-14-12-23(13-16(14)21(15)2)17-5-3-4-6-19-17/h3-6,14-16H,7-13H2,1-2H3/t14-,15-,16+/m0/s1. The molecule has 3 aliphatic rings. The molecular weight excluding hydrogens is 302 g/mol. The highest BCUT2D eigenvalue weighted by atomic mass is 16.2. The van der Waals surface area contributed by atoms with Gasteiger partial charge in [-0.25, -0.2) is 4.98 Å². The average Bonchev–Trinajstić information content (AvgIpc) is 3.16. The van der Waals surface area contributed by atoms with E-state index in [1.807, 2.05) is 18.3 Å². The largest absolute Gasteiger partial charge is 0.355 e. The van der Waals surface area contributed by atoms with Gasteiger partial charge in [-0.05, 0) is 38.6 Å². The van der Waals surface area contributed by atoms with Gasteiger partial charge < -0.3 is 14.7 Å². The Morgan fingerprint density at radius 3 is 2.58 bits per heavy atom. The highest BCUT2D eigenvalue weighted by Crippen LogP contribution is 2.36. The zero-order valence-corrected chi connectivity index (χ0v) is 14.6. The third kappa shape index (κ3) is 2.78. The van der Waals surface area contributed by atoms with Gasteiger partial charge >= 0.3 is 0 Å². The summed E-state index contributed by atoms with van der Waals surface area (Å²) in [6.07, 6.45) is 2.84. The van der Waals surface area contributed by atoms with E-state index in [-0.39, 0.29) is 6.04 Å². The number of anilines is 1. The lowest BCUT2D eigenvalue weighted by molar-refractivity contribution is -0.137. The Hall–Kier alpha value is -1.66. The molecule has 0 spiro atoms. The fraction of sp³-hybridized carbons (Fsp3) is 0.667. The summed E-state index contributed by atoms with van der Waals surface area (Å²) in [6.45, 7) is 5.71. The molecule has 6 nitrogen and oxygen atoms in total. The first-order chi connectivity index (χ1) is 11.6. The SMILES string of the molecule is CN1CCN(C(=O)[C@@H]2C[C@H]3CN(c4ccccn4)C[C@H]3N2C)CC1. The summed E-state index contributed by atoms with van der Waals surface area (Å²) in [5, 5.41) is 0. The molecule has 130 valence electrons. The molecule has 4 rings (SSSR count). The molecule has 3 atom stereocenters. The number of hydrogen-bond acceptors (Lipinski definition) is 5. The van der Waals surface area contributed by atoms with Gasteiger partial charge in [0.25, 0.3) is 0 Å². The number of likely N-dealkylation sites (tertiary alicyclic amines) is 1. The molecule has 3 aliphatic heterocycles. The summed E-state index contributed by atoms with van der Waals surface area (Å²) >= 11 is 0.